The van der Waals surface area contributed by atoms with Crippen LogP contribution in [0.5, 0.6) is 11.5 Å². The maximum atomic E-state index is 13.2. The zero-order valence-electron chi connectivity index (χ0n) is 21.1. The maximum Gasteiger partial charge on any atom is 0.261 e. The number of β-amino-alcohol motifs (C(OH)–C–C–N with tert-alkyl or cyclic N) is 1. The van der Waals surface area contributed by atoms with Gasteiger partial charge in [0.1, 0.15) is 17.1 Å². The first-order valence-corrected chi connectivity index (χ1v) is 12.6. The van der Waals surface area contributed by atoms with Gasteiger partial charge in [-0.15, -0.1) is 0 Å². The number of hydrogen-bond donors (Lipinski definition) is 1. The lowest BCUT2D eigenvalue weighted by Crippen LogP contribution is -2.54. The zero-order chi connectivity index (χ0) is 24.6. The van der Waals surface area contributed by atoms with Gasteiger partial charge in [-0.1, -0.05) is 6.07 Å². The summed E-state index contributed by atoms with van der Waals surface area (Å²) in [6, 6.07) is 5.40. The van der Waals surface area contributed by atoms with Crippen LogP contribution in [-0.4, -0.2) is 149 Å². The molecule has 196 valence electrons. The normalized spacial score (nSPS) is 23.7. The van der Waals surface area contributed by atoms with Gasteiger partial charge in [0, 0.05) is 72.0 Å². The Labute approximate surface area is 208 Å². The van der Waals surface area contributed by atoms with E-state index >= 15 is 0 Å². The third-order valence-electron chi connectivity index (χ3n) is 7.03. The van der Waals surface area contributed by atoms with Crippen molar-refractivity contribution >= 4 is 5.91 Å². The van der Waals surface area contributed by atoms with E-state index in [1.165, 1.54) is 0 Å². The first kappa shape index (κ1) is 26.1. The monoisotopic (exact) mass is 492 g/mol. The van der Waals surface area contributed by atoms with Crippen molar-refractivity contribution in [2.75, 3.05) is 106 Å². The van der Waals surface area contributed by atoms with E-state index in [1.54, 1.807) is 26.4 Å². The fourth-order valence-electron chi connectivity index (χ4n) is 5.14. The van der Waals surface area contributed by atoms with Gasteiger partial charge in [-0.05, 0) is 12.1 Å². The van der Waals surface area contributed by atoms with Gasteiger partial charge in [0.05, 0.1) is 46.2 Å². The summed E-state index contributed by atoms with van der Waals surface area (Å²) in [5.41, 5.74) is 0.479. The number of aliphatic hydroxyl groups is 1. The SMILES string of the molecule is COc1cccc(OC)c1C(=O)N1CCN(C[C@H]2CN(C[C@@H](O)CN3CCOCC3)CCO2)CC1. The second kappa shape index (κ2) is 12.8. The van der Waals surface area contributed by atoms with Crippen LogP contribution >= 0.6 is 0 Å². The van der Waals surface area contributed by atoms with E-state index in [1.807, 2.05) is 11.0 Å². The summed E-state index contributed by atoms with van der Waals surface area (Å²) in [7, 11) is 3.14. The number of amides is 1. The highest BCUT2D eigenvalue weighted by molar-refractivity contribution is 5.99. The molecular weight excluding hydrogens is 452 g/mol. The lowest BCUT2D eigenvalue weighted by molar-refractivity contribution is -0.0605. The molecule has 1 aromatic carbocycles. The molecule has 0 saturated carbocycles. The maximum absolute atomic E-state index is 13.2. The molecule has 2 atom stereocenters. The Bertz CT molecular complexity index is 791. The van der Waals surface area contributed by atoms with Crippen molar-refractivity contribution in [2.24, 2.45) is 0 Å². The molecule has 10 heteroatoms. The second-order valence-corrected chi connectivity index (χ2v) is 9.45. The number of nitrogens with zero attached hydrogens (tertiary/aromatic N) is 4. The van der Waals surface area contributed by atoms with Gasteiger partial charge in [-0.25, -0.2) is 0 Å². The Morgan fingerprint density at radius 2 is 1.57 bits per heavy atom. The van der Waals surface area contributed by atoms with Gasteiger partial charge in [0.2, 0.25) is 0 Å². The molecule has 3 heterocycles. The van der Waals surface area contributed by atoms with E-state index in [-0.39, 0.29) is 18.1 Å². The van der Waals surface area contributed by atoms with Crippen LogP contribution in [-0.2, 0) is 9.47 Å². The Hall–Kier alpha value is -1.95. The topological polar surface area (TPSA) is 87.2 Å². The van der Waals surface area contributed by atoms with Crippen LogP contribution in [0.3, 0.4) is 0 Å². The number of rotatable bonds is 9. The van der Waals surface area contributed by atoms with Crippen LogP contribution in [0.25, 0.3) is 0 Å². The molecule has 1 amide bonds. The highest BCUT2D eigenvalue weighted by atomic mass is 16.5. The van der Waals surface area contributed by atoms with Crippen LogP contribution in [0.1, 0.15) is 10.4 Å². The van der Waals surface area contributed by atoms with Gasteiger partial charge in [0.15, 0.2) is 0 Å². The quantitative estimate of drug-likeness (QED) is 0.506. The van der Waals surface area contributed by atoms with Crippen molar-refractivity contribution in [3.8, 4) is 11.5 Å². The minimum absolute atomic E-state index is 0.0618. The highest BCUT2D eigenvalue weighted by Gasteiger charge is 2.30. The summed E-state index contributed by atoms with van der Waals surface area (Å²) in [5, 5.41) is 10.6. The molecule has 0 bridgehead atoms. The predicted octanol–water partition coefficient (Wildman–Crippen LogP) is -0.144. The van der Waals surface area contributed by atoms with Crippen LogP contribution in [0, 0.1) is 0 Å². The Morgan fingerprint density at radius 3 is 2.23 bits per heavy atom. The molecule has 10 nitrogen and oxygen atoms in total. The zero-order valence-corrected chi connectivity index (χ0v) is 21.1. The number of benzene rings is 1. The van der Waals surface area contributed by atoms with Gasteiger partial charge < -0.3 is 29.0 Å². The molecule has 0 unspecified atom stereocenters. The summed E-state index contributed by atoms with van der Waals surface area (Å²) in [6.45, 7) is 10.7. The number of methoxy groups -OCH3 is 2. The van der Waals surface area contributed by atoms with Crippen molar-refractivity contribution in [1.82, 2.24) is 19.6 Å². The third kappa shape index (κ3) is 7.05. The molecular formula is C25H40N4O6. The van der Waals surface area contributed by atoms with Gasteiger partial charge in [-0.3, -0.25) is 19.5 Å². The number of hydrogen-bond acceptors (Lipinski definition) is 9. The first-order valence-electron chi connectivity index (χ1n) is 12.6. The fourth-order valence-corrected chi connectivity index (χ4v) is 5.14. The molecule has 0 aromatic heterocycles. The van der Waals surface area contributed by atoms with Crippen molar-refractivity contribution < 1.29 is 28.8 Å². The Balaban J connectivity index is 1.22. The van der Waals surface area contributed by atoms with Crippen LogP contribution in [0.15, 0.2) is 18.2 Å². The first-order chi connectivity index (χ1) is 17.1. The molecule has 0 spiro atoms. The van der Waals surface area contributed by atoms with Crippen LogP contribution in [0.4, 0.5) is 0 Å². The van der Waals surface area contributed by atoms with E-state index in [4.69, 9.17) is 18.9 Å². The largest absolute Gasteiger partial charge is 0.496 e. The van der Waals surface area contributed by atoms with Crippen LogP contribution < -0.4 is 9.47 Å². The van der Waals surface area contributed by atoms with Crippen molar-refractivity contribution in [2.45, 2.75) is 12.2 Å². The minimum Gasteiger partial charge on any atom is -0.496 e. The van der Waals surface area contributed by atoms with E-state index < -0.39 is 0 Å². The van der Waals surface area contributed by atoms with Crippen molar-refractivity contribution in [3.05, 3.63) is 23.8 Å². The van der Waals surface area contributed by atoms with Gasteiger partial charge >= 0.3 is 0 Å². The molecule has 35 heavy (non-hydrogen) atoms. The van der Waals surface area contributed by atoms with Crippen molar-refractivity contribution in [1.29, 1.82) is 0 Å². The Kier molecular flexibility index (Phi) is 9.59. The number of ether oxygens (including phenoxy) is 4. The molecule has 3 aliphatic heterocycles. The molecule has 4 rings (SSSR count). The molecule has 3 aliphatic rings. The molecule has 0 aliphatic carbocycles. The molecule has 0 radical (unpaired) electrons. The number of carbonyl (C=O) groups excluding carboxylic acids is 1. The van der Waals surface area contributed by atoms with Gasteiger partial charge in [0.25, 0.3) is 5.91 Å². The summed E-state index contributed by atoms with van der Waals surface area (Å²) < 4.78 is 22.3. The summed E-state index contributed by atoms with van der Waals surface area (Å²) in [5.74, 6) is 1.000. The smallest absolute Gasteiger partial charge is 0.261 e. The average Bonchev–Trinajstić information content (AvgIpc) is 2.89. The number of aliphatic hydroxyl groups excluding tert-OH is 1. The summed E-state index contributed by atoms with van der Waals surface area (Å²) >= 11 is 0. The van der Waals surface area contributed by atoms with E-state index in [0.29, 0.717) is 49.8 Å². The summed E-state index contributed by atoms with van der Waals surface area (Å²) in [4.78, 5) is 22.0. The summed E-state index contributed by atoms with van der Waals surface area (Å²) in [6.07, 6.45) is -0.260. The molecule has 1 aromatic rings. The van der Waals surface area contributed by atoms with E-state index in [0.717, 1.165) is 59.0 Å². The lowest BCUT2D eigenvalue weighted by atomic mass is 10.1. The number of piperazine rings is 1. The number of carbonyl (C=O) groups is 1. The van der Waals surface area contributed by atoms with Crippen LogP contribution in [0.2, 0.25) is 0 Å². The van der Waals surface area contributed by atoms with E-state index in [2.05, 4.69) is 14.7 Å². The highest BCUT2D eigenvalue weighted by Crippen LogP contribution is 2.30. The molecule has 3 saturated heterocycles. The molecule has 1 N–H and O–H groups in total. The third-order valence-corrected chi connectivity index (χ3v) is 7.03. The fraction of sp³-hybridized carbons (Fsp3) is 0.720. The predicted molar refractivity (Wildman–Crippen MR) is 131 cm³/mol. The number of morpholine rings is 2. The minimum atomic E-state index is -0.367. The average molecular weight is 493 g/mol. The van der Waals surface area contributed by atoms with Crippen molar-refractivity contribution in [3.63, 3.8) is 0 Å². The van der Waals surface area contributed by atoms with E-state index in [9.17, 15) is 9.90 Å². The standard InChI is InChI=1S/C25H40N4O6/c1-32-22-4-3-5-23(33-2)24(22)25(31)29-8-6-26(7-9-29)18-21-19-28(12-15-35-21)17-20(30)16-27-10-13-34-14-11-27/h3-5,20-21,30H,6-19H2,1-2H3/t20-,21-/m0/s1. The van der Waals surface area contributed by atoms with Gasteiger partial charge in [-0.2, -0.15) is 0 Å². The molecule has 3 fully saturated rings. The lowest BCUT2D eigenvalue weighted by Gasteiger charge is -2.40. The second-order valence-electron chi connectivity index (χ2n) is 9.45. The Morgan fingerprint density at radius 1 is 0.943 bits per heavy atom.